The van der Waals surface area contributed by atoms with Crippen molar-refractivity contribution in [3.05, 3.63) is 12.3 Å². The van der Waals surface area contributed by atoms with Crippen molar-refractivity contribution in [1.29, 1.82) is 0 Å². The molecule has 5 heteroatoms. The number of anilines is 1. The third-order valence-electron chi connectivity index (χ3n) is 3.59. The lowest BCUT2D eigenvalue weighted by Crippen LogP contribution is -2.36. The maximum Gasteiger partial charge on any atom is 0.241 e. The molecular formula is C13H22N4O. The van der Waals surface area contributed by atoms with Crippen LogP contribution in [0.4, 0.5) is 5.82 Å². The van der Waals surface area contributed by atoms with Crippen molar-refractivity contribution in [3.8, 4) is 0 Å². The summed E-state index contributed by atoms with van der Waals surface area (Å²) in [5.41, 5.74) is 5.51. The molecule has 2 rings (SSSR count). The minimum atomic E-state index is 0.0256. The maximum absolute atomic E-state index is 11.9. The molecule has 2 unspecified atom stereocenters. The Hall–Kier alpha value is -1.52. The van der Waals surface area contributed by atoms with E-state index in [9.17, 15) is 4.79 Å². The number of nitrogens with one attached hydrogen (secondary N) is 1. The van der Waals surface area contributed by atoms with Gasteiger partial charge in [0.2, 0.25) is 5.91 Å². The van der Waals surface area contributed by atoms with Crippen molar-refractivity contribution >= 4 is 11.7 Å². The van der Waals surface area contributed by atoms with Gasteiger partial charge in [-0.25, -0.2) is 0 Å². The number of amides is 1. The van der Waals surface area contributed by atoms with Crippen LogP contribution in [0.25, 0.3) is 0 Å². The molecule has 0 saturated heterocycles. The molecule has 1 aromatic heterocycles. The summed E-state index contributed by atoms with van der Waals surface area (Å²) < 4.78 is 1.57. The molecule has 0 aromatic carbocycles. The smallest absolute Gasteiger partial charge is 0.241 e. The predicted molar refractivity (Wildman–Crippen MR) is 70.8 cm³/mol. The van der Waals surface area contributed by atoms with Crippen LogP contribution >= 0.6 is 0 Å². The van der Waals surface area contributed by atoms with Gasteiger partial charge in [-0.05, 0) is 31.2 Å². The molecule has 100 valence electrons. The number of hydrogen-bond donors (Lipinski definition) is 2. The van der Waals surface area contributed by atoms with Crippen molar-refractivity contribution in [2.75, 3.05) is 5.73 Å². The topological polar surface area (TPSA) is 72.9 Å². The number of nitrogen functional groups attached to an aromatic ring is 1. The summed E-state index contributed by atoms with van der Waals surface area (Å²) in [6.45, 7) is 2.54. The van der Waals surface area contributed by atoms with Crippen LogP contribution in [0.15, 0.2) is 12.3 Å². The standard InChI is InChI=1S/C13H22N4O/c1-10-3-2-4-11(6-5-10)15-13(18)9-17-8-7-12(14)16-17/h7-8,10-11H,2-6,9H2,1H3,(H2,14,16)(H,15,18). The molecule has 3 N–H and O–H groups in total. The van der Waals surface area contributed by atoms with Crippen LogP contribution in [0.1, 0.15) is 39.0 Å². The molecule has 0 spiro atoms. The van der Waals surface area contributed by atoms with Crippen LogP contribution in [0.2, 0.25) is 0 Å². The Balaban J connectivity index is 1.80. The van der Waals surface area contributed by atoms with Gasteiger partial charge in [-0.3, -0.25) is 9.48 Å². The second-order valence-corrected chi connectivity index (χ2v) is 5.32. The van der Waals surface area contributed by atoms with Gasteiger partial charge in [-0.1, -0.05) is 19.8 Å². The third kappa shape index (κ3) is 3.75. The first-order chi connectivity index (χ1) is 8.63. The van der Waals surface area contributed by atoms with Gasteiger partial charge in [0.05, 0.1) is 0 Å². The van der Waals surface area contributed by atoms with Crippen LogP contribution in [0, 0.1) is 5.92 Å². The molecule has 1 fully saturated rings. The van der Waals surface area contributed by atoms with Crippen molar-refractivity contribution < 1.29 is 4.79 Å². The molecule has 18 heavy (non-hydrogen) atoms. The molecule has 1 saturated carbocycles. The van der Waals surface area contributed by atoms with Crippen molar-refractivity contribution in [3.63, 3.8) is 0 Å². The zero-order valence-electron chi connectivity index (χ0n) is 10.9. The minimum absolute atomic E-state index is 0.0256. The van der Waals surface area contributed by atoms with Crippen LogP contribution in [0.5, 0.6) is 0 Å². The normalized spacial score (nSPS) is 24.5. The lowest BCUT2D eigenvalue weighted by Gasteiger charge is -2.16. The lowest BCUT2D eigenvalue weighted by molar-refractivity contribution is -0.122. The van der Waals surface area contributed by atoms with E-state index < -0.39 is 0 Å². The zero-order valence-corrected chi connectivity index (χ0v) is 10.9. The number of aromatic nitrogens is 2. The van der Waals surface area contributed by atoms with E-state index in [4.69, 9.17) is 5.73 Å². The number of rotatable bonds is 3. The lowest BCUT2D eigenvalue weighted by atomic mass is 10.0. The highest BCUT2D eigenvalue weighted by molar-refractivity contribution is 5.76. The monoisotopic (exact) mass is 250 g/mol. The predicted octanol–water partition coefficient (Wildman–Crippen LogP) is 1.55. The van der Waals surface area contributed by atoms with Crippen LogP contribution in [-0.4, -0.2) is 21.7 Å². The summed E-state index contributed by atoms with van der Waals surface area (Å²) in [6, 6.07) is 2.02. The number of hydrogen-bond acceptors (Lipinski definition) is 3. The summed E-state index contributed by atoms with van der Waals surface area (Å²) in [5, 5.41) is 7.10. The van der Waals surface area contributed by atoms with Gasteiger partial charge in [0.1, 0.15) is 12.4 Å². The molecule has 1 heterocycles. The quantitative estimate of drug-likeness (QED) is 0.799. The Kier molecular flexibility index (Phi) is 4.23. The van der Waals surface area contributed by atoms with E-state index in [-0.39, 0.29) is 12.5 Å². The molecule has 1 aliphatic carbocycles. The number of carbonyl (C=O) groups is 1. The Labute approximate surface area is 108 Å². The first kappa shape index (κ1) is 12.9. The Morgan fingerprint density at radius 1 is 1.50 bits per heavy atom. The van der Waals surface area contributed by atoms with E-state index in [1.165, 1.54) is 19.3 Å². The van der Waals surface area contributed by atoms with Crippen LogP contribution in [0.3, 0.4) is 0 Å². The van der Waals surface area contributed by atoms with Gasteiger partial charge >= 0.3 is 0 Å². The van der Waals surface area contributed by atoms with Crippen LogP contribution < -0.4 is 11.1 Å². The number of nitrogens with two attached hydrogens (primary N) is 1. The Bertz CT molecular complexity index is 401. The highest BCUT2D eigenvalue weighted by atomic mass is 16.2. The van der Waals surface area contributed by atoms with E-state index in [0.717, 1.165) is 18.8 Å². The molecule has 1 aromatic rings. The number of carbonyl (C=O) groups excluding carboxylic acids is 1. The van der Waals surface area contributed by atoms with Gasteiger partial charge < -0.3 is 11.1 Å². The van der Waals surface area contributed by atoms with Crippen molar-refractivity contribution in [2.45, 2.75) is 51.6 Å². The second-order valence-electron chi connectivity index (χ2n) is 5.32. The van der Waals surface area contributed by atoms with Gasteiger partial charge in [0, 0.05) is 12.2 Å². The molecule has 1 aliphatic rings. The largest absolute Gasteiger partial charge is 0.382 e. The number of nitrogens with zero attached hydrogens (tertiary/aromatic N) is 2. The summed E-state index contributed by atoms with van der Waals surface area (Å²) in [5.74, 6) is 1.27. The van der Waals surface area contributed by atoms with Crippen molar-refractivity contribution in [1.82, 2.24) is 15.1 Å². The molecule has 0 aliphatic heterocycles. The first-order valence-corrected chi connectivity index (χ1v) is 6.72. The van der Waals surface area contributed by atoms with E-state index in [2.05, 4.69) is 17.3 Å². The molecule has 1 amide bonds. The van der Waals surface area contributed by atoms with Gasteiger partial charge in [0.25, 0.3) is 0 Å². The SMILES string of the molecule is CC1CCCC(NC(=O)Cn2ccc(N)n2)CC1. The molecular weight excluding hydrogens is 228 g/mol. The Morgan fingerprint density at radius 2 is 2.33 bits per heavy atom. The van der Waals surface area contributed by atoms with E-state index in [0.29, 0.717) is 11.9 Å². The fraction of sp³-hybridized carbons (Fsp3) is 0.692. The zero-order chi connectivity index (χ0) is 13.0. The summed E-state index contributed by atoms with van der Waals surface area (Å²) in [6.07, 6.45) is 7.61. The summed E-state index contributed by atoms with van der Waals surface area (Å²) in [7, 11) is 0. The Morgan fingerprint density at radius 3 is 3.06 bits per heavy atom. The molecule has 2 atom stereocenters. The summed E-state index contributed by atoms with van der Waals surface area (Å²) >= 11 is 0. The highest BCUT2D eigenvalue weighted by Gasteiger charge is 2.17. The second kappa shape index (κ2) is 5.89. The fourth-order valence-electron chi connectivity index (χ4n) is 2.52. The average Bonchev–Trinajstić information content (AvgIpc) is 2.59. The molecule has 0 bridgehead atoms. The van der Waals surface area contributed by atoms with Gasteiger partial charge in [-0.2, -0.15) is 5.10 Å². The average molecular weight is 250 g/mol. The van der Waals surface area contributed by atoms with Gasteiger partial charge in [-0.15, -0.1) is 0 Å². The fourth-order valence-corrected chi connectivity index (χ4v) is 2.52. The van der Waals surface area contributed by atoms with E-state index in [1.54, 1.807) is 16.9 Å². The van der Waals surface area contributed by atoms with Crippen molar-refractivity contribution in [2.24, 2.45) is 5.92 Å². The minimum Gasteiger partial charge on any atom is -0.382 e. The summed E-state index contributed by atoms with van der Waals surface area (Å²) in [4.78, 5) is 11.9. The third-order valence-corrected chi connectivity index (χ3v) is 3.59. The van der Waals surface area contributed by atoms with Gasteiger partial charge in [0.15, 0.2) is 0 Å². The highest BCUT2D eigenvalue weighted by Crippen LogP contribution is 2.22. The molecule has 0 radical (unpaired) electrons. The first-order valence-electron chi connectivity index (χ1n) is 6.72. The molecule has 5 nitrogen and oxygen atoms in total. The van der Waals surface area contributed by atoms with E-state index in [1.807, 2.05) is 0 Å². The maximum atomic E-state index is 11.9. The van der Waals surface area contributed by atoms with E-state index >= 15 is 0 Å². The van der Waals surface area contributed by atoms with Crippen LogP contribution in [-0.2, 0) is 11.3 Å².